The summed E-state index contributed by atoms with van der Waals surface area (Å²) in [6.07, 6.45) is -4.68. The number of nitro groups is 1. The fourth-order valence-corrected chi connectivity index (χ4v) is 3.92. The van der Waals surface area contributed by atoms with E-state index in [1.165, 1.54) is 0 Å². The van der Waals surface area contributed by atoms with Crippen LogP contribution in [0.4, 0.5) is 30.2 Å². The summed E-state index contributed by atoms with van der Waals surface area (Å²) in [4.78, 5) is 27.0. The zero-order valence-corrected chi connectivity index (χ0v) is 17.5. The highest BCUT2D eigenvalue weighted by atomic mass is 32.2. The van der Waals surface area contributed by atoms with Gasteiger partial charge in [-0.05, 0) is 43.4 Å². The molecule has 0 atom stereocenters. The molecule has 0 radical (unpaired) electrons. The van der Waals surface area contributed by atoms with Crippen molar-refractivity contribution in [2.75, 3.05) is 49.2 Å². The van der Waals surface area contributed by atoms with Crippen molar-refractivity contribution in [2.45, 2.75) is 11.1 Å². The number of nitro benzene ring substituents is 1. The topological polar surface area (TPSA) is 78.7 Å². The average molecular weight is 454 g/mol. The molecule has 1 aliphatic rings. The molecule has 0 aliphatic carbocycles. The van der Waals surface area contributed by atoms with Crippen molar-refractivity contribution in [3.05, 3.63) is 58.1 Å². The van der Waals surface area contributed by atoms with Crippen LogP contribution in [0.5, 0.6) is 0 Å². The Morgan fingerprint density at radius 2 is 1.77 bits per heavy atom. The maximum Gasteiger partial charge on any atom is 0.416 e. The minimum absolute atomic E-state index is 0.00133. The van der Waals surface area contributed by atoms with Crippen molar-refractivity contribution < 1.29 is 22.9 Å². The van der Waals surface area contributed by atoms with Gasteiger partial charge in [0.15, 0.2) is 0 Å². The summed E-state index contributed by atoms with van der Waals surface area (Å²) in [5, 5.41) is 13.8. The molecule has 7 nitrogen and oxygen atoms in total. The number of hydrogen-bond donors (Lipinski definition) is 1. The van der Waals surface area contributed by atoms with Gasteiger partial charge in [0.1, 0.15) is 0 Å². The molecule has 11 heteroatoms. The van der Waals surface area contributed by atoms with Gasteiger partial charge < -0.3 is 15.1 Å². The summed E-state index contributed by atoms with van der Waals surface area (Å²) >= 11 is 0.814. The molecule has 0 bridgehead atoms. The normalized spacial score (nSPS) is 15.0. The molecule has 2 aromatic carbocycles. The van der Waals surface area contributed by atoms with Crippen LogP contribution in [-0.4, -0.2) is 54.7 Å². The highest BCUT2D eigenvalue weighted by Crippen LogP contribution is 2.36. The van der Waals surface area contributed by atoms with Gasteiger partial charge in [-0.1, -0.05) is 0 Å². The monoisotopic (exact) mass is 454 g/mol. The summed E-state index contributed by atoms with van der Waals surface area (Å²) in [5.74, 6) is -0.585. The maximum absolute atomic E-state index is 12.8. The van der Waals surface area contributed by atoms with Gasteiger partial charge >= 0.3 is 6.18 Å². The smallest absolute Gasteiger partial charge is 0.369 e. The van der Waals surface area contributed by atoms with Crippen LogP contribution < -0.4 is 10.2 Å². The third-order valence-corrected chi connectivity index (χ3v) is 5.92. The van der Waals surface area contributed by atoms with Gasteiger partial charge in [0, 0.05) is 43.6 Å². The van der Waals surface area contributed by atoms with Crippen molar-refractivity contribution in [2.24, 2.45) is 0 Å². The van der Waals surface area contributed by atoms with E-state index in [0.29, 0.717) is 11.8 Å². The summed E-state index contributed by atoms with van der Waals surface area (Å²) in [6.45, 7) is 3.80. The van der Waals surface area contributed by atoms with Gasteiger partial charge in [0.2, 0.25) is 5.91 Å². The lowest BCUT2D eigenvalue weighted by Crippen LogP contribution is -2.44. The largest absolute Gasteiger partial charge is 0.416 e. The highest BCUT2D eigenvalue weighted by Gasteiger charge is 2.33. The molecule has 3 rings (SSSR count). The summed E-state index contributed by atoms with van der Waals surface area (Å²) in [6, 6.07) is 9.64. The number of halogens is 3. The van der Waals surface area contributed by atoms with E-state index in [1.807, 2.05) is 12.1 Å². The lowest BCUT2D eigenvalue weighted by Gasteiger charge is -2.34. The van der Waals surface area contributed by atoms with E-state index in [0.717, 1.165) is 55.8 Å². The standard InChI is InChI=1S/C20H21F3N4O3S/c1-25-8-10-26(11-9-25)16-5-3-15(4-6-16)24-19(28)13-31-18-7-2-14(20(21,22)23)12-17(18)27(29)30/h2-7,12H,8-11,13H2,1H3,(H,24,28). The van der Waals surface area contributed by atoms with E-state index in [9.17, 15) is 28.1 Å². The second kappa shape index (κ2) is 9.56. The van der Waals surface area contributed by atoms with Crippen molar-refractivity contribution in [1.82, 2.24) is 4.90 Å². The Kier molecular flexibility index (Phi) is 7.06. The van der Waals surface area contributed by atoms with Crippen molar-refractivity contribution in [1.29, 1.82) is 0 Å². The number of nitrogens with one attached hydrogen (secondary N) is 1. The third-order valence-electron chi connectivity index (χ3n) is 4.86. The molecular weight excluding hydrogens is 433 g/mol. The molecule has 1 fully saturated rings. The molecule has 31 heavy (non-hydrogen) atoms. The predicted molar refractivity (Wildman–Crippen MR) is 114 cm³/mol. The predicted octanol–water partition coefficient (Wildman–Crippen LogP) is 4.10. The number of rotatable bonds is 6. The first kappa shape index (κ1) is 22.9. The van der Waals surface area contributed by atoms with Gasteiger partial charge in [-0.3, -0.25) is 14.9 Å². The van der Waals surface area contributed by atoms with Crippen LogP contribution in [0, 0.1) is 10.1 Å². The Morgan fingerprint density at radius 3 is 2.35 bits per heavy atom. The zero-order valence-electron chi connectivity index (χ0n) is 16.7. The minimum Gasteiger partial charge on any atom is -0.369 e. The molecule has 1 saturated heterocycles. The average Bonchev–Trinajstić information content (AvgIpc) is 2.72. The second-order valence-corrected chi connectivity index (χ2v) is 8.13. The van der Waals surface area contributed by atoms with Crippen molar-refractivity contribution in [3.8, 4) is 0 Å². The molecule has 1 amide bonds. The number of alkyl halides is 3. The van der Waals surface area contributed by atoms with E-state index < -0.39 is 28.3 Å². The molecule has 0 spiro atoms. The summed E-state index contributed by atoms with van der Waals surface area (Å²) in [5.41, 5.74) is -0.149. The van der Waals surface area contributed by atoms with Gasteiger partial charge in [0.25, 0.3) is 5.69 Å². The SMILES string of the molecule is CN1CCN(c2ccc(NC(=O)CSc3ccc(C(F)(F)F)cc3[N+](=O)[O-])cc2)CC1. The Morgan fingerprint density at radius 1 is 1.13 bits per heavy atom. The number of hydrogen-bond acceptors (Lipinski definition) is 6. The number of benzene rings is 2. The van der Waals surface area contributed by atoms with Crippen LogP contribution in [0.2, 0.25) is 0 Å². The molecule has 0 saturated carbocycles. The number of carbonyl (C=O) groups is 1. The van der Waals surface area contributed by atoms with Crippen LogP contribution in [0.25, 0.3) is 0 Å². The van der Waals surface area contributed by atoms with Crippen molar-refractivity contribution >= 4 is 34.7 Å². The number of amides is 1. The van der Waals surface area contributed by atoms with Crippen LogP contribution in [0.3, 0.4) is 0 Å². The summed E-state index contributed by atoms with van der Waals surface area (Å²) in [7, 11) is 2.08. The number of thioether (sulfide) groups is 1. The van der Waals surface area contributed by atoms with E-state index in [-0.39, 0.29) is 10.6 Å². The Hall–Kier alpha value is -2.79. The van der Waals surface area contributed by atoms with Crippen LogP contribution in [-0.2, 0) is 11.0 Å². The van der Waals surface area contributed by atoms with Gasteiger partial charge in [-0.15, -0.1) is 11.8 Å². The first-order valence-corrected chi connectivity index (χ1v) is 10.4. The molecule has 1 heterocycles. The quantitative estimate of drug-likeness (QED) is 0.402. The molecule has 1 N–H and O–H groups in total. The highest BCUT2D eigenvalue weighted by molar-refractivity contribution is 8.00. The second-order valence-electron chi connectivity index (χ2n) is 7.11. The lowest BCUT2D eigenvalue weighted by molar-refractivity contribution is -0.388. The first-order chi connectivity index (χ1) is 14.6. The van der Waals surface area contributed by atoms with Gasteiger partial charge in [0.05, 0.1) is 21.1 Å². The third kappa shape index (κ3) is 6.11. The molecule has 0 unspecified atom stereocenters. The number of nitrogens with zero attached hydrogens (tertiary/aromatic N) is 3. The Labute approximate surface area is 181 Å². The van der Waals surface area contributed by atoms with Crippen LogP contribution >= 0.6 is 11.8 Å². The molecule has 2 aromatic rings. The van der Waals surface area contributed by atoms with E-state index >= 15 is 0 Å². The van der Waals surface area contributed by atoms with E-state index in [4.69, 9.17) is 0 Å². The van der Waals surface area contributed by atoms with Crippen LogP contribution in [0.15, 0.2) is 47.4 Å². The summed E-state index contributed by atoms with van der Waals surface area (Å²) < 4.78 is 38.4. The van der Waals surface area contributed by atoms with Gasteiger partial charge in [-0.25, -0.2) is 0 Å². The molecule has 166 valence electrons. The van der Waals surface area contributed by atoms with E-state index in [2.05, 4.69) is 22.2 Å². The molecule has 0 aromatic heterocycles. The van der Waals surface area contributed by atoms with Gasteiger partial charge in [-0.2, -0.15) is 13.2 Å². The Balaban J connectivity index is 1.58. The first-order valence-electron chi connectivity index (χ1n) is 9.45. The zero-order chi connectivity index (χ0) is 22.6. The number of anilines is 2. The molecular formula is C20H21F3N4O3S. The number of likely N-dealkylation sites (N-methyl/N-ethyl adjacent to an activating group) is 1. The van der Waals surface area contributed by atoms with E-state index in [1.54, 1.807) is 12.1 Å². The number of carbonyl (C=O) groups excluding carboxylic acids is 1. The fraction of sp³-hybridized carbons (Fsp3) is 0.350. The number of piperazine rings is 1. The van der Waals surface area contributed by atoms with Crippen molar-refractivity contribution in [3.63, 3.8) is 0 Å². The van der Waals surface area contributed by atoms with Crippen LogP contribution in [0.1, 0.15) is 5.56 Å². The lowest BCUT2D eigenvalue weighted by atomic mass is 10.2. The maximum atomic E-state index is 12.8. The minimum atomic E-state index is -4.68. The fourth-order valence-electron chi connectivity index (χ4n) is 3.12. The molecule has 1 aliphatic heterocycles. The Bertz CT molecular complexity index is 946.